The van der Waals surface area contributed by atoms with E-state index in [-0.39, 0.29) is 0 Å². The van der Waals surface area contributed by atoms with Crippen molar-refractivity contribution in [2.45, 2.75) is 44.6 Å². The van der Waals surface area contributed by atoms with Gasteiger partial charge in [0.25, 0.3) is 0 Å². The number of anilines is 2. The summed E-state index contributed by atoms with van der Waals surface area (Å²) in [4.78, 5) is 11.7. The Morgan fingerprint density at radius 3 is 2.55 bits per heavy atom. The van der Waals surface area contributed by atoms with E-state index in [1.807, 2.05) is 6.07 Å². The zero-order valence-corrected chi connectivity index (χ0v) is 12.5. The molecule has 20 heavy (non-hydrogen) atoms. The maximum Gasteiger partial charge on any atom is 0.136 e. The van der Waals surface area contributed by atoms with Gasteiger partial charge in [-0.05, 0) is 46.2 Å². The first-order valence-electron chi connectivity index (χ1n) is 7.83. The molecule has 1 aromatic heterocycles. The molecule has 1 unspecified atom stereocenters. The Balaban J connectivity index is 1.67. The summed E-state index contributed by atoms with van der Waals surface area (Å²) in [7, 11) is 2.21. The minimum atomic E-state index is 0.586. The van der Waals surface area contributed by atoms with Crippen LogP contribution in [0.15, 0.2) is 6.07 Å². The smallest absolute Gasteiger partial charge is 0.136 e. The zero-order valence-electron chi connectivity index (χ0n) is 12.5. The predicted octanol–water partition coefficient (Wildman–Crippen LogP) is 2.29. The fourth-order valence-electron chi connectivity index (χ4n) is 2.81. The normalized spacial score (nSPS) is 23.0. The van der Waals surface area contributed by atoms with Crippen LogP contribution >= 0.6 is 0 Å². The average Bonchev–Trinajstić information content (AvgIpc) is 3.21. The molecule has 1 aliphatic heterocycles. The fourth-order valence-corrected chi connectivity index (χ4v) is 2.81. The van der Waals surface area contributed by atoms with Crippen LogP contribution in [-0.2, 0) is 0 Å². The Bertz CT molecular complexity index is 458. The first-order chi connectivity index (χ1) is 9.76. The van der Waals surface area contributed by atoms with E-state index in [1.165, 1.54) is 32.2 Å². The lowest BCUT2D eigenvalue weighted by Crippen LogP contribution is -2.31. The topological polar surface area (TPSA) is 53.1 Å². The van der Waals surface area contributed by atoms with Crippen LogP contribution in [-0.4, -0.2) is 47.6 Å². The van der Waals surface area contributed by atoms with Crippen molar-refractivity contribution in [3.05, 3.63) is 11.9 Å². The standard InChI is InChI=1S/C15H25N5/c1-3-16-13-9-14(19-15(18-13)11-6-7-11)17-10-12-5-4-8-20(12)2/h9,11-12H,3-8,10H2,1-2H3,(H2,16,17,18,19). The number of rotatable bonds is 6. The van der Waals surface area contributed by atoms with Crippen molar-refractivity contribution in [2.24, 2.45) is 0 Å². The van der Waals surface area contributed by atoms with Gasteiger partial charge in [0.2, 0.25) is 0 Å². The number of aromatic nitrogens is 2. The van der Waals surface area contributed by atoms with Crippen LogP contribution < -0.4 is 10.6 Å². The molecule has 0 bridgehead atoms. The quantitative estimate of drug-likeness (QED) is 0.834. The maximum absolute atomic E-state index is 4.68. The van der Waals surface area contributed by atoms with Gasteiger partial charge in [0.1, 0.15) is 17.5 Å². The lowest BCUT2D eigenvalue weighted by Gasteiger charge is -2.20. The van der Waals surface area contributed by atoms with Gasteiger partial charge < -0.3 is 15.5 Å². The summed E-state index contributed by atoms with van der Waals surface area (Å²) in [5.74, 6) is 3.51. The van der Waals surface area contributed by atoms with E-state index in [2.05, 4.69) is 39.5 Å². The number of nitrogens with zero attached hydrogens (tertiary/aromatic N) is 3. The predicted molar refractivity (Wildman–Crippen MR) is 82.3 cm³/mol. The van der Waals surface area contributed by atoms with Gasteiger partial charge in [0.15, 0.2) is 0 Å². The molecule has 1 saturated carbocycles. The SMILES string of the molecule is CCNc1cc(NCC2CCCN2C)nc(C2CC2)n1. The minimum Gasteiger partial charge on any atom is -0.370 e. The van der Waals surface area contributed by atoms with Gasteiger partial charge in [0.05, 0.1) is 0 Å². The third kappa shape index (κ3) is 3.20. The summed E-state index contributed by atoms with van der Waals surface area (Å²) in [5, 5.41) is 6.81. The first kappa shape index (κ1) is 13.6. The minimum absolute atomic E-state index is 0.586. The van der Waals surface area contributed by atoms with Crippen molar-refractivity contribution < 1.29 is 0 Å². The van der Waals surface area contributed by atoms with Crippen LogP contribution in [0.4, 0.5) is 11.6 Å². The molecule has 110 valence electrons. The van der Waals surface area contributed by atoms with Gasteiger partial charge in [-0.2, -0.15) is 0 Å². The van der Waals surface area contributed by atoms with E-state index in [1.54, 1.807) is 0 Å². The van der Waals surface area contributed by atoms with E-state index in [4.69, 9.17) is 0 Å². The van der Waals surface area contributed by atoms with Crippen molar-refractivity contribution >= 4 is 11.6 Å². The highest BCUT2D eigenvalue weighted by Crippen LogP contribution is 2.38. The number of likely N-dealkylation sites (N-methyl/N-ethyl adjacent to an activating group) is 1. The molecule has 2 fully saturated rings. The van der Waals surface area contributed by atoms with E-state index >= 15 is 0 Å². The monoisotopic (exact) mass is 275 g/mol. The molecule has 0 aromatic carbocycles. The molecular formula is C15H25N5. The Kier molecular flexibility index (Phi) is 4.05. The van der Waals surface area contributed by atoms with Gasteiger partial charge >= 0.3 is 0 Å². The van der Waals surface area contributed by atoms with E-state index in [0.29, 0.717) is 12.0 Å². The number of likely N-dealkylation sites (tertiary alicyclic amines) is 1. The molecule has 1 saturated heterocycles. The molecule has 3 rings (SSSR count). The van der Waals surface area contributed by atoms with E-state index in [0.717, 1.165) is 30.5 Å². The fraction of sp³-hybridized carbons (Fsp3) is 0.733. The van der Waals surface area contributed by atoms with Crippen LogP contribution in [0.5, 0.6) is 0 Å². The van der Waals surface area contributed by atoms with E-state index < -0.39 is 0 Å². The largest absolute Gasteiger partial charge is 0.370 e. The van der Waals surface area contributed by atoms with Crippen LogP contribution in [0.25, 0.3) is 0 Å². The summed E-state index contributed by atoms with van der Waals surface area (Å²) >= 11 is 0. The van der Waals surface area contributed by atoms with E-state index in [9.17, 15) is 0 Å². The number of hydrogen-bond acceptors (Lipinski definition) is 5. The Labute approximate surface area is 121 Å². The van der Waals surface area contributed by atoms with Crippen LogP contribution in [0, 0.1) is 0 Å². The summed E-state index contributed by atoms with van der Waals surface area (Å²) in [5.41, 5.74) is 0. The summed E-state index contributed by atoms with van der Waals surface area (Å²) in [6.45, 7) is 5.18. The third-order valence-corrected chi connectivity index (χ3v) is 4.23. The molecule has 0 amide bonds. The Morgan fingerprint density at radius 1 is 1.20 bits per heavy atom. The zero-order chi connectivity index (χ0) is 13.9. The van der Waals surface area contributed by atoms with Gasteiger partial charge in [-0.15, -0.1) is 0 Å². The van der Waals surface area contributed by atoms with Crippen LogP contribution in [0.2, 0.25) is 0 Å². The molecule has 5 heteroatoms. The number of hydrogen-bond donors (Lipinski definition) is 2. The molecule has 1 aliphatic carbocycles. The summed E-state index contributed by atoms with van der Waals surface area (Å²) in [6.07, 6.45) is 5.06. The van der Waals surface area contributed by atoms with Gasteiger partial charge in [0, 0.05) is 31.1 Å². The molecular weight excluding hydrogens is 250 g/mol. The lowest BCUT2D eigenvalue weighted by atomic mass is 10.2. The van der Waals surface area contributed by atoms with Gasteiger partial charge in [-0.1, -0.05) is 0 Å². The van der Waals surface area contributed by atoms with Gasteiger partial charge in [-0.3, -0.25) is 0 Å². The lowest BCUT2D eigenvalue weighted by molar-refractivity contribution is 0.322. The summed E-state index contributed by atoms with van der Waals surface area (Å²) in [6, 6.07) is 2.67. The maximum atomic E-state index is 4.68. The third-order valence-electron chi connectivity index (χ3n) is 4.23. The molecule has 0 radical (unpaired) electrons. The van der Waals surface area contributed by atoms with Crippen molar-refractivity contribution in [3.8, 4) is 0 Å². The number of nitrogens with one attached hydrogen (secondary N) is 2. The second kappa shape index (κ2) is 5.95. The van der Waals surface area contributed by atoms with Crippen molar-refractivity contribution in [1.82, 2.24) is 14.9 Å². The molecule has 2 heterocycles. The highest BCUT2D eigenvalue weighted by atomic mass is 15.2. The Morgan fingerprint density at radius 2 is 1.95 bits per heavy atom. The second-order valence-electron chi connectivity index (χ2n) is 5.96. The molecule has 1 atom stereocenters. The van der Waals surface area contributed by atoms with Crippen molar-refractivity contribution in [2.75, 3.05) is 37.3 Å². The molecule has 1 aromatic rings. The van der Waals surface area contributed by atoms with Crippen molar-refractivity contribution in [1.29, 1.82) is 0 Å². The highest BCUT2D eigenvalue weighted by Gasteiger charge is 2.27. The molecule has 0 spiro atoms. The van der Waals surface area contributed by atoms with Crippen molar-refractivity contribution in [3.63, 3.8) is 0 Å². The average molecular weight is 275 g/mol. The van der Waals surface area contributed by atoms with Crippen LogP contribution in [0.1, 0.15) is 44.3 Å². The molecule has 2 aliphatic rings. The second-order valence-corrected chi connectivity index (χ2v) is 5.96. The first-order valence-corrected chi connectivity index (χ1v) is 7.83. The summed E-state index contributed by atoms with van der Waals surface area (Å²) < 4.78 is 0. The molecule has 5 nitrogen and oxygen atoms in total. The van der Waals surface area contributed by atoms with Gasteiger partial charge in [-0.25, -0.2) is 9.97 Å². The molecule has 2 N–H and O–H groups in total. The highest BCUT2D eigenvalue weighted by molar-refractivity contribution is 5.48. The van der Waals surface area contributed by atoms with Crippen LogP contribution in [0.3, 0.4) is 0 Å². The Hall–Kier alpha value is -1.36.